The summed E-state index contributed by atoms with van der Waals surface area (Å²) >= 11 is 0. The number of hydrogen-bond donors (Lipinski definition) is 0. The van der Waals surface area contributed by atoms with Gasteiger partial charge in [0.05, 0.1) is 0 Å². The zero-order valence-electron chi connectivity index (χ0n) is 5.25. The monoisotopic (exact) mass is 126 g/mol. The standard InChI is InChI=1S/C7H10O2/c8-6-4-2-1-3-5-7-9/h2,4,6-7H,1,3,5H2/b4-2+. The fourth-order valence-corrected chi connectivity index (χ4v) is 0.471. The Morgan fingerprint density at radius 3 is 2.44 bits per heavy atom. The van der Waals surface area contributed by atoms with Gasteiger partial charge in [-0.05, 0) is 18.9 Å². The molecule has 0 aromatic carbocycles. The second-order valence-corrected chi connectivity index (χ2v) is 1.66. The van der Waals surface area contributed by atoms with Crippen LogP contribution in [0, 0.1) is 0 Å². The van der Waals surface area contributed by atoms with Gasteiger partial charge in [0.2, 0.25) is 0 Å². The third-order valence-electron chi connectivity index (χ3n) is 0.907. The van der Waals surface area contributed by atoms with Crippen LogP contribution in [0.3, 0.4) is 0 Å². The Balaban J connectivity index is 2.98. The Morgan fingerprint density at radius 1 is 1.11 bits per heavy atom. The van der Waals surface area contributed by atoms with Crippen molar-refractivity contribution in [2.75, 3.05) is 0 Å². The van der Waals surface area contributed by atoms with Crippen molar-refractivity contribution in [3.8, 4) is 0 Å². The molecule has 0 saturated carbocycles. The number of carbonyl (C=O) groups is 2. The highest BCUT2D eigenvalue weighted by Crippen LogP contribution is 1.92. The van der Waals surface area contributed by atoms with Gasteiger partial charge in [0, 0.05) is 6.42 Å². The quantitative estimate of drug-likeness (QED) is 0.314. The van der Waals surface area contributed by atoms with Crippen LogP contribution in [0.4, 0.5) is 0 Å². The zero-order chi connectivity index (χ0) is 6.95. The van der Waals surface area contributed by atoms with Gasteiger partial charge < -0.3 is 4.79 Å². The van der Waals surface area contributed by atoms with Crippen molar-refractivity contribution in [1.82, 2.24) is 0 Å². The number of rotatable bonds is 5. The summed E-state index contributed by atoms with van der Waals surface area (Å²) in [5.41, 5.74) is 0. The molecule has 0 radical (unpaired) electrons. The maximum absolute atomic E-state index is 9.74. The Labute approximate surface area is 54.6 Å². The van der Waals surface area contributed by atoms with E-state index in [4.69, 9.17) is 0 Å². The van der Waals surface area contributed by atoms with E-state index in [1.54, 1.807) is 6.08 Å². The van der Waals surface area contributed by atoms with Crippen molar-refractivity contribution in [1.29, 1.82) is 0 Å². The molecule has 0 aliphatic rings. The summed E-state index contributed by atoms with van der Waals surface area (Å²) in [6.45, 7) is 0. The molecule has 2 heteroatoms. The largest absolute Gasteiger partial charge is 0.303 e. The molecule has 0 atom stereocenters. The number of allylic oxidation sites excluding steroid dienone is 2. The smallest absolute Gasteiger partial charge is 0.142 e. The van der Waals surface area contributed by atoms with E-state index >= 15 is 0 Å². The number of hydrogen-bond acceptors (Lipinski definition) is 2. The van der Waals surface area contributed by atoms with E-state index in [0.717, 1.165) is 25.4 Å². The first-order valence-corrected chi connectivity index (χ1v) is 2.95. The van der Waals surface area contributed by atoms with E-state index in [2.05, 4.69) is 0 Å². The number of aldehydes is 2. The molecule has 0 aliphatic heterocycles. The van der Waals surface area contributed by atoms with Crippen molar-refractivity contribution in [2.24, 2.45) is 0 Å². The lowest BCUT2D eigenvalue weighted by molar-refractivity contribution is -0.108. The van der Waals surface area contributed by atoms with Gasteiger partial charge >= 0.3 is 0 Å². The maximum atomic E-state index is 9.74. The van der Waals surface area contributed by atoms with Crippen molar-refractivity contribution >= 4 is 12.6 Å². The lowest BCUT2D eigenvalue weighted by Crippen LogP contribution is -1.73. The summed E-state index contributed by atoms with van der Waals surface area (Å²) in [4.78, 5) is 19.4. The van der Waals surface area contributed by atoms with E-state index < -0.39 is 0 Å². The molecule has 0 heterocycles. The highest BCUT2D eigenvalue weighted by molar-refractivity contribution is 5.64. The first-order chi connectivity index (χ1) is 4.41. The fourth-order valence-electron chi connectivity index (χ4n) is 0.471. The van der Waals surface area contributed by atoms with Crippen molar-refractivity contribution < 1.29 is 9.59 Å². The van der Waals surface area contributed by atoms with Crippen LogP contribution < -0.4 is 0 Å². The van der Waals surface area contributed by atoms with Crippen LogP contribution >= 0.6 is 0 Å². The van der Waals surface area contributed by atoms with Crippen molar-refractivity contribution in [2.45, 2.75) is 19.3 Å². The highest BCUT2D eigenvalue weighted by Gasteiger charge is 1.79. The number of unbranched alkanes of at least 4 members (excludes halogenated alkanes) is 2. The third kappa shape index (κ3) is 7.08. The van der Waals surface area contributed by atoms with Gasteiger partial charge in [-0.15, -0.1) is 0 Å². The second kappa shape index (κ2) is 7.08. The van der Waals surface area contributed by atoms with Crippen LogP contribution in [-0.4, -0.2) is 12.6 Å². The van der Waals surface area contributed by atoms with Crippen molar-refractivity contribution in [3.05, 3.63) is 12.2 Å². The summed E-state index contributed by atoms with van der Waals surface area (Å²) in [6, 6.07) is 0. The minimum atomic E-state index is 0.587. The Bertz CT molecular complexity index is 105. The first-order valence-electron chi connectivity index (χ1n) is 2.95. The van der Waals surface area contributed by atoms with E-state index in [9.17, 15) is 9.59 Å². The molecule has 0 aliphatic carbocycles. The number of carbonyl (C=O) groups excluding carboxylic acids is 2. The molecule has 50 valence electrons. The Hall–Kier alpha value is -0.920. The summed E-state index contributed by atoms with van der Waals surface area (Å²) < 4.78 is 0. The topological polar surface area (TPSA) is 34.1 Å². The van der Waals surface area contributed by atoms with Crippen molar-refractivity contribution in [3.63, 3.8) is 0 Å². The zero-order valence-corrected chi connectivity index (χ0v) is 5.25. The summed E-state index contributed by atoms with van der Waals surface area (Å²) in [7, 11) is 0. The van der Waals surface area contributed by atoms with E-state index in [1.807, 2.05) is 0 Å². The van der Waals surface area contributed by atoms with Gasteiger partial charge in [0.1, 0.15) is 12.6 Å². The minimum absolute atomic E-state index is 0.587. The van der Waals surface area contributed by atoms with E-state index in [-0.39, 0.29) is 0 Å². The SMILES string of the molecule is O=C/C=C/CCCC=O. The molecular weight excluding hydrogens is 116 g/mol. The Kier molecular flexibility index (Phi) is 6.36. The fraction of sp³-hybridized carbons (Fsp3) is 0.429. The lowest BCUT2D eigenvalue weighted by Gasteiger charge is -1.83. The third-order valence-corrected chi connectivity index (χ3v) is 0.907. The lowest BCUT2D eigenvalue weighted by atomic mass is 10.2. The second-order valence-electron chi connectivity index (χ2n) is 1.66. The van der Waals surface area contributed by atoms with Crippen LogP contribution in [-0.2, 0) is 9.59 Å². The molecular formula is C7H10O2. The molecule has 2 nitrogen and oxygen atoms in total. The predicted molar refractivity (Wildman–Crippen MR) is 35.1 cm³/mol. The van der Waals surface area contributed by atoms with E-state index in [1.165, 1.54) is 6.08 Å². The first kappa shape index (κ1) is 8.08. The molecule has 9 heavy (non-hydrogen) atoms. The van der Waals surface area contributed by atoms with Gasteiger partial charge in [0.25, 0.3) is 0 Å². The molecule has 0 unspecified atom stereocenters. The molecule has 0 amide bonds. The predicted octanol–water partition coefficient (Wildman–Crippen LogP) is 1.11. The average molecular weight is 126 g/mol. The molecule has 0 spiro atoms. The summed E-state index contributed by atoms with van der Waals surface area (Å²) in [5.74, 6) is 0. The van der Waals surface area contributed by atoms with Crippen LogP contribution in [0.5, 0.6) is 0 Å². The van der Waals surface area contributed by atoms with Gasteiger partial charge in [-0.25, -0.2) is 0 Å². The highest BCUT2D eigenvalue weighted by atomic mass is 16.1. The van der Waals surface area contributed by atoms with Crippen LogP contribution in [0.2, 0.25) is 0 Å². The minimum Gasteiger partial charge on any atom is -0.303 e. The molecule has 0 saturated heterocycles. The van der Waals surface area contributed by atoms with E-state index in [0.29, 0.717) is 6.42 Å². The van der Waals surface area contributed by atoms with Gasteiger partial charge in [-0.3, -0.25) is 4.79 Å². The maximum Gasteiger partial charge on any atom is 0.142 e. The summed E-state index contributed by atoms with van der Waals surface area (Å²) in [6.07, 6.45) is 7.07. The Morgan fingerprint density at radius 2 is 1.89 bits per heavy atom. The average Bonchev–Trinajstić information content (AvgIpc) is 1.89. The van der Waals surface area contributed by atoms with Gasteiger partial charge in [-0.1, -0.05) is 6.08 Å². The molecule has 0 bridgehead atoms. The molecule has 0 aromatic heterocycles. The molecule has 0 N–H and O–H groups in total. The van der Waals surface area contributed by atoms with Gasteiger partial charge in [-0.2, -0.15) is 0 Å². The van der Waals surface area contributed by atoms with Crippen LogP contribution in [0.15, 0.2) is 12.2 Å². The normalized spacial score (nSPS) is 9.78. The van der Waals surface area contributed by atoms with Crippen LogP contribution in [0.25, 0.3) is 0 Å². The molecule has 0 aromatic rings. The van der Waals surface area contributed by atoms with Gasteiger partial charge in [0.15, 0.2) is 0 Å². The summed E-state index contributed by atoms with van der Waals surface area (Å²) in [5, 5.41) is 0. The molecule has 0 rings (SSSR count). The van der Waals surface area contributed by atoms with Crippen LogP contribution in [0.1, 0.15) is 19.3 Å². The molecule has 0 fully saturated rings.